The maximum absolute atomic E-state index is 13.9. The van der Waals surface area contributed by atoms with Crippen LogP contribution in [0.5, 0.6) is 0 Å². The fourth-order valence-electron chi connectivity index (χ4n) is 4.96. The molecule has 1 fully saturated rings. The van der Waals surface area contributed by atoms with Gasteiger partial charge in [-0.3, -0.25) is 14.9 Å². The number of hydrogen-bond acceptors (Lipinski definition) is 6. The first-order chi connectivity index (χ1) is 15.2. The van der Waals surface area contributed by atoms with Gasteiger partial charge in [0.05, 0.1) is 8.93 Å². The van der Waals surface area contributed by atoms with Crippen LogP contribution in [-0.4, -0.2) is 23.5 Å². The van der Waals surface area contributed by atoms with Crippen LogP contribution in [0.1, 0.15) is 48.0 Å². The van der Waals surface area contributed by atoms with Crippen LogP contribution in [0.3, 0.4) is 0 Å². The van der Waals surface area contributed by atoms with Crippen LogP contribution in [-0.2, 0) is 19.7 Å². The molecule has 5 rings (SSSR count). The summed E-state index contributed by atoms with van der Waals surface area (Å²) in [6, 6.07) is 14.9. The van der Waals surface area contributed by atoms with Gasteiger partial charge in [-0.25, -0.2) is 0 Å². The summed E-state index contributed by atoms with van der Waals surface area (Å²) in [4.78, 5) is 29.5. The Hall–Kier alpha value is -1.75. The zero-order valence-corrected chi connectivity index (χ0v) is 21.6. The number of carbonyl (C=O) groups is 2. The molecule has 8 heteroatoms. The van der Waals surface area contributed by atoms with Gasteiger partial charge < -0.3 is 10.1 Å². The zero-order valence-electron chi connectivity index (χ0n) is 17.8. The van der Waals surface area contributed by atoms with Gasteiger partial charge in [-0.2, -0.15) is 0 Å². The van der Waals surface area contributed by atoms with E-state index < -0.39 is 23.0 Å². The van der Waals surface area contributed by atoms with E-state index in [9.17, 15) is 9.59 Å². The van der Waals surface area contributed by atoms with Gasteiger partial charge >= 0.3 is 5.97 Å². The highest BCUT2D eigenvalue weighted by Crippen LogP contribution is 2.60. The molecule has 2 aliphatic heterocycles. The lowest BCUT2D eigenvalue weighted by Crippen LogP contribution is -2.44. The number of anilines is 1. The summed E-state index contributed by atoms with van der Waals surface area (Å²) in [5.41, 5.74) is 0.144. The number of ether oxygens (including phenoxy) is 1. The number of fused-ring (bicyclic) bond motifs is 2. The van der Waals surface area contributed by atoms with Gasteiger partial charge in [-0.1, -0.05) is 24.3 Å². The van der Waals surface area contributed by atoms with Crippen LogP contribution in [0.25, 0.3) is 0 Å². The maximum Gasteiger partial charge on any atom is 0.324 e. The summed E-state index contributed by atoms with van der Waals surface area (Å²) in [6.45, 7) is 5.60. The Morgan fingerprint density at radius 3 is 2.53 bits per heavy atom. The maximum atomic E-state index is 13.9. The topological polar surface area (TPSA) is 67.4 Å². The molecule has 0 radical (unpaired) electrons. The summed E-state index contributed by atoms with van der Waals surface area (Å²) in [5, 5.41) is 8.68. The highest BCUT2D eigenvalue weighted by atomic mass is 127. The summed E-state index contributed by atoms with van der Waals surface area (Å²) in [7, 11) is 0. The van der Waals surface area contributed by atoms with Gasteiger partial charge in [-0.05, 0) is 78.6 Å². The quantitative estimate of drug-likeness (QED) is 0.321. The van der Waals surface area contributed by atoms with E-state index in [2.05, 4.69) is 33.2 Å². The third kappa shape index (κ3) is 3.43. The number of amides is 1. The minimum Gasteiger partial charge on any atom is -0.459 e. The Bertz CT molecular complexity index is 1180. The van der Waals surface area contributed by atoms with Gasteiger partial charge in [0.25, 0.3) is 0 Å². The monoisotopic (exact) mass is 578 g/mol. The minimum absolute atomic E-state index is 0.0796. The number of benzene rings is 1. The molecular formula is C24H23IN2O3S2. The van der Waals surface area contributed by atoms with Crippen LogP contribution in [0, 0.1) is 2.88 Å². The van der Waals surface area contributed by atoms with Gasteiger partial charge in [0, 0.05) is 21.4 Å². The number of hydrogen-bond donors (Lipinski definition) is 2. The lowest BCUT2D eigenvalue weighted by molar-refractivity contribution is -0.157. The SMILES string of the molecule is CC(C)(C)OC(=O)[C@H]1N[C@H](c2cccs2)[C@]2(C(=O)Nc3ccccc32)[C@@H]1c1ccc(I)s1. The molecule has 0 aliphatic carbocycles. The van der Waals surface area contributed by atoms with E-state index in [1.165, 1.54) is 0 Å². The molecule has 5 nitrogen and oxygen atoms in total. The van der Waals surface area contributed by atoms with Gasteiger partial charge in [-0.15, -0.1) is 22.7 Å². The van der Waals surface area contributed by atoms with E-state index >= 15 is 0 Å². The van der Waals surface area contributed by atoms with Crippen molar-refractivity contribution in [3.8, 4) is 0 Å². The largest absolute Gasteiger partial charge is 0.459 e. The smallest absolute Gasteiger partial charge is 0.324 e. The number of carbonyl (C=O) groups excluding carboxylic acids is 2. The molecule has 1 amide bonds. The second-order valence-electron chi connectivity index (χ2n) is 9.11. The molecule has 1 aromatic carbocycles. The van der Waals surface area contributed by atoms with E-state index in [4.69, 9.17) is 4.74 Å². The molecule has 166 valence electrons. The van der Waals surface area contributed by atoms with Crippen molar-refractivity contribution in [3.05, 3.63) is 72.1 Å². The zero-order chi connectivity index (χ0) is 22.7. The second kappa shape index (κ2) is 7.93. The van der Waals surface area contributed by atoms with Gasteiger partial charge in [0.15, 0.2) is 0 Å². The molecule has 32 heavy (non-hydrogen) atoms. The van der Waals surface area contributed by atoms with Crippen molar-refractivity contribution >= 4 is 62.8 Å². The molecule has 0 saturated carbocycles. The molecule has 4 atom stereocenters. The highest BCUT2D eigenvalue weighted by molar-refractivity contribution is 14.1. The molecule has 2 N–H and O–H groups in total. The van der Waals surface area contributed by atoms with Crippen molar-refractivity contribution in [2.45, 2.75) is 49.8 Å². The van der Waals surface area contributed by atoms with E-state index in [1.54, 1.807) is 22.7 Å². The lowest BCUT2D eigenvalue weighted by atomic mass is 9.66. The molecule has 2 aromatic heterocycles. The minimum atomic E-state index is -0.961. The summed E-state index contributed by atoms with van der Waals surface area (Å²) in [5.74, 6) is -0.813. The third-order valence-electron chi connectivity index (χ3n) is 6.01. The van der Waals surface area contributed by atoms with Gasteiger partial charge in [0.2, 0.25) is 5.91 Å². The number of thiophene rings is 2. The molecule has 1 saturated heterocycles. The average molecular weight is 578 g/mol. The van der Waals surface area contributed by atoms with Crippen molar-refractivity contribution in [2.24, 2.45) is 0 Å². The Morgan fingerprint density at radius 2 is 1.88 bits per heavy atom. The van der Waals surface area contributed by atoms with Crippen LogP contribution >= 0.6 is 45.3 Å². The first kappa shape index (κ1) is 22.1. The predicted octanol–water partition coefficient (Wildman–Crippen LogP) is 5.44. The number of halogens is 1. The Kier molecular flexibility index (Phi) is 5.47. The van der Waals surface area contributed by atoms with Crippen molar-refractivity contribution in [3.63, 3.8) is 0 Å². The molecule has 0 bridgehead atoms. The molecular weight excluding hydrogens is 555 g/mol. The fraction of sp³-hybridized carbons (Fsp3) is 0.333. The molecule has 4 heterocycles. The molecule has 1 spiro atoms. The van der Waals surface area contributed by atoms with Crippen LogP contribution in [0.4, 0.5) is 5.69 Å². The third-order valence-corrected chi connectivity index (χ3v) is 8.93. The molecule has 2 aliphatic rings. The van der Waals surface area contributed by atoms with E-state index in [0.29, 0.717) is 0 Å². The number of para-hydroxylation sites is 1. The number of nitrogens with one attached hydrogen (secondary N) is 2. The van der Waals surface area contributed by atoms with Crippen molar-refractivity contribution in [2.75, 3.05) is 5.32 Å². The van der Waals surface area contributed by atoms with Crippen molar-refractivity contribution in [1.82, 2.24) is 5.32 Å². The summed E-state index contributed by atoms with van der Waals surface area (Å²) >= 11 is 5.51. The van der Waals surface area contributed by atoms with Crippen LogP contribution in [0.15, 0.2) is 53.9 Å². The van der Waals surface area contributed by atoms with Crippen molar-refractivity contribution < 1.29 is 14.3 Å². The number of esters is 1. The van der Waals surface area contributed by atoms with E-state index in [-0.39, 0.29) is 17.9 Å². The standard InChI is InChI=1S/C24H23IN2O3S2/c1-23(2,3)30-21(28)19-18(15-10-11-17(25)32-15)24(20(27-19)16-9-6-12-31-16)13-7-4-5-8-14(13)26-22(24)29/h4-12,18-20,27H,1-3H3,(H,26,29)/t18-,19+,20-,24-/m1/s1. The Morgan fingerprint density at radius 1 is 1.09 bits per heavy atom. The Labute approximate surface area is 208 Å². The average Bonchev–Trinajstić information content (AvgIpc) is 3.48. The second-order valence-corrected chi connectivity index (χ2v) is 13.1. The van der Waals surface area contributed by atoms with E-state index in [0.717, 1.165) is 23.9 Å². The first-order valence-electron chi connectivity index (χ1n) is 10.4. The highest BCUT2D eigenvalue weighted by Gasteiger charge is 2.67. The fourth-order valence-corrected chi connectivity index (χ4v) is 7.71. The van der Waals surface area contributed by atoms with E-state index in [1.807, 2.05) is 74.7 Å². The van der Waals surface area contributed by atoms with Gasteiger partial charge in [0.1, 0.15) is 17.1 Å². The Balaban J connectivity index is 1.76. The summed E-state index contributed by atoms with van der Waals surface area (Å²) in [6.07, 6.45) is 0. The number of rotatable bonds is 3. The van der Waals surface area contributed by atoms with Crippen LogP contribution in [0.2, 0.25) is 0 Å². The lowest BCUT2D eigenvalue weighted by Gasteiger charge is -2.34. The first-order valence-corrected chi connectivity index (χ1v) is 13.2. The van der Waals surface area contributed by atoms with Crippen LogP contribution < -0.4 is 10.6 Å². The molecule has 3 aromatic rings. The normalized spacial score (nSPS) is 26.9. The van der Waals surface area contributed by atoms with Crippen molar-refractivity contribution in [1.29, 1.82) is 0 Å². The predicted molar refractivity (Wildman–Crippen MR) is 136 cm³/mol. The summed E-state index contributed by atoms with van der Waals surface area (Å²) < 4.78 is 6.96. The molecule has 0 unspecified atom stereocenters.